The Kier molecular flexibility index (Phi) is 14.8. The van der Waals surface area contributed by atoms with Crippen LogP contribution in [0.4, 0.5) is 23.5 Å². The first-order valence-corrected chi connectivity index (χ1v) is 17.3. The number of rotatable bonds is 21. The fraction of sp³-hybridized carbons (Fsp3) is 0.250. The fourth-order valence-corrected chi connectivity index (χ4v) is 5.02. The van der Waals surface area contributed by atoms with Gasteiger partial charge in [-0.05, 0) is 53.9 Å². The number of carbonyl (C=O) groups is 3. The average molecular weight is 718 g/mol. The molecule has 1 amide bonds. The number of nitrogens with one attached hydrogen (secondary N) is 4. The molecular formula is C40H43N7O6. The molecule has 0 aliphatic heterocycles. The lowest BCUT2D eigenvalue weighted by Gasteiger charge is -2.12. The first-order chi connectivity index (χ1) is 26.0. The molecule has 0 radical (unpaired) electrons. The number of anilines is 4. The molecule has 0 aliphatic rings. The van der Waals surface area contributed by atoms with Crippen LogP contribution in [0.5, 0.6) is 0 Å². The van der Waals surface area contributed by atoms with Gasteiger partial charge in [0.1, 0.15) is 0 Å². The number of Topliss-reactive ketones (excluding diaryl/α,β-unsaturated/α-hetero) is 1. The lowest BCUT2D eigenvalue weighted by Crippen LogP contribution is -2.22. The van der Waals surface area contributed by atoms with Gasteiger partial charge in [0.2, 0.25) is 17.8 Å². The second-order valence-electron chi connectivity index (χ2n) is 11.8. The first-order valence-electron chi connectivity index (χ1n) is 17.3. The number of amides is 1. The standard InChI is InChI=1S/C40H43N7O6/c1-51-37(50)33-16-14-30(15-17-33)28-43-39-45-38(41-22-24-53-26-25-52-23-8-13-35(48)31-11-6-3-7-12-31)46-40(47-39)44-34-20-18-32(19-21-34)36(49)42-27-29-9-4-2-5-10-29/h2-7,9-12,14-21H,8,13,22-28H2,1H3,(H,42,49)(H3,41,43,44,45,46,47). The van der Waals surface area contributed by atoms with Crippen molar-refractivity contribution in [1.82, 2.24) is 20.3 Å². The summed E-state index contributed by atoms with van der Waals surface area (Å²) in [6.07, 6.45) is 1.09. The summed E-state index contributed by atoms with van der Waals surface area (Å²) in [6.45, 7) is 2.94. The van der Waals surface area contributed by atoms with E-state index in [1.54, 1.807) is 36.4 Å². The van der Waals surface area contributed by atoms with Gasteiger partial charge in [-0.1, -0.05) is 72.8 Å². The van der Waals surface area contributed by atoms with Gasteiger partial charge in [0, 0.05) is 49.5 Å². The van der Waals surface area contributed by atoms with E-state index in [2.05, 4.69) is 36.2 Å². The van der Waals surface area contributed by atoms with Crippen molar-refractivity contribution in [1.29, 1.82) is 0 Å². The molecule has 5 rings (SSSR count). The molecule has 4 N–H and O–H groups in total. The summed E-state index contributed by atoms with van der Waals surface area (Å²) in [6, 6.07) is 33.0. The lowest BCUT2D eigenvalue weighted by atomic mass is 10.1. The van der Waals surface area contributed by atoms with Crippen molar-refractivity contribution in [3.8, 4) is 0 Å². The first kappa shape index (κ1) is 38.1. The van der Waals surface area contributed by atoms with Crippen LogP contribution in [-0.4, -0.2) is 72.7 Å². The Morgan fingerprint density at radius 1 is 0.585 bits per heavy atom. The Bertz CT molecular complexity index is 1890. The maximum absolute atomic E-state index is 12.7. The van der Waals surface area contributed by atoms with E-state index in [0.29, 0.717) is 93.2 Å². The van der Waals surface area contributed by atoms with Gasteiger partial charge in [0.25, 0.3) is 5.91 Å². The van der Waals surface area contributed by atoms with E-state index in [9.17, 15) is 14.4 Å². The van der Waals surface area contributed by atoms with Crippen LogP contribution in [-0.2, 0) is 27.3 Å². The van der Waals surface area contributed by atoms with Crippen LogP contribution in [0.15, 0.2) is 109 Å². The molecule has 13 nitrogen and oxygen atoms in total. The monoisotopic (exact) mass is 717 g/mol. The molecule has 0 bridgehead atoms. The summed E-state index contributed by atoms with van der Waals surface area (Å²) >= 11 is 0. The average Bonchev–Trinajstić information content (AvgIpc) is 3.20. The van der Waals surface area contributed by atoms with Crippen molar-refractivity contribution in [3.05, 3.63) is 137 Å². The van der Waals surface area contributed by atoms with Crippen LogP contribution in [0.2, 0.25) is 0 Å². The molecule has 1 heterocycles. The Hall–Kier alpha value is -6.18. The number of carbonyl (C=O) groups excluding carboxylic acids is 3. The molecule has 4 aromatic carbocycles. The third-order valence-corrected chi connectivity index (χ3v) is 7.85. The molecular weight excluding hydrogens is 674 g/mol. The molecule has 0 fully saturated rings. The van der Waals surface area contributed by atoms with Crippen LogP contribution in [0.25, 0.3) is 0 Å². The van der Waals surface area contributed by atoms with Crippen LogP contribution < -0.4 is 21.3 Å². The van der Waals surface area contributed by atoms with Crippen LogP contribution in [0, 0.1) is 0 Å². The van der Waals surface area contributed by atoms with Crippen molar-refractivity contribution in [2.75, 3.05) is 56.0 Å². The highest BCUT2D eigenvalue weighted by Gasteiger charge is 2.11. The van der Waals surface area contributed by atoms with Gasteiger partial charge in [0.15, 0.2) is 5.78 Å². The van der Waals surface area contributed by atoms with Crippen molar-refractivity contribution < 1.29 is 28.6 Å². The Labute approximate surface area is 308 Å². The summed E-state index contributed by atoms with van der Waals surface area (Å²) in [5, 5.41) is 12.5. The molecule has 5 aromatic rings. The highest BCUT2D eigenvalue weighted by atomic mass is 16.5. The third-order valence-electron chi connectivity index (χ3n) is 7.85. The number of benzene rings is 4. The van der Waals surface area contributed by atoms with Crippen LogP contribution >= 0.6 is 0 Å². The van der Waals surface area contributed by atoms with Gasteiger partial charge >= 0.3 is 5.97 Å². The smallest absolute Gasteiger partial charge is 0.337 e. The Morgan fingerprint density at radius 2 is 1.19 bits per heavy atom. The van der Waals surface area contributed by atoms with Crippen molar-refractivity contribution in [2.24, 2.45) is 0 Å². The fourth-order valence-electron chi connectivity index (χ4n) is 5.02. The number of methoxy groups -OCH3 is 1. The predicted octanol–water partition coefficient (Wildman–Crippen LogP) is 6.05. The normalized spacial score (nSPS) is 10.7. The Morgan fingerprint density at radius 3 is 1.89 bits per heavy atom. The van der Waals surface area contributed by atoms with Crippen molar-refractivity contribution >= 4 is 41.2 Å². The minimum Gasteiger partial charge on any atom is -0.465 e. The summed E-state index contributed by atoms with van der Waals surface area (Å²) < 4.78 is 16.1. The molecule has 0 aliphatic carbocycles. The van der Waals surface area contributed by atoms with E-state index in [1.165, 1.54) is 7.11 Å². The van der Waals surface area contributed by atoms with E-state index < -0.39 is 5.97 Å². The van der Waals surface area contributed by atoms with Gasteiger partial charge in [-0.15, -0.1) is 0 Å². The highest BCUT2D eigenvalue weighted by Crippen LogP contribution is 2.18. The third kappa shape index (κ3) is 12.8. The zero-order valence-corrected chi connectivity index (χ0v) is 29.5. The second-order valence-corrected chi connectivity index (χ2v) is 11.8. The number of hydrogen-bond acceptors (Lipinski definition) is 12. The topological polar surface area (TPSA) is 166 Å². The second kappa shape index (κ2) is 20.6. The number of nitrogens with zero attached hydrogens (tertiary/aromatic N) is 3. The molecule has 0 spiro atoms. The van der Waals surface area contributed by atoms with Crippen molar-refractivity contribution in [3.63, 3.8) is 0 Å². The maximum atomic E-state index is 12.7. The van der Waals surface area contributed by atoms with E-state index in [0.717, 1.165) is 11.1 Å². The van der Waals surface area contributed by atoms with E-state index >= 15 is 0 Å². The number of ether oxygens (including phenoxy) is 3. The minimum absolute atomic E-state index is 0.109. The number of esters is 1. The van der Waals surface area contributed by atoms with Gasteiger partial charge in [-0.25, -0.2) is 4.79 Å². The molecule has 53 heavy (non-hydrogen) atoms. The maximum Gasteiger partial charge on any atom is 0.337 e. The summed E-state index contributed by atoms with van der Waals surface area (Å²) in [4.78, 5) is 50.3. The quantitative estimate of drug-likeness (QED) is 0.0395. The highest BCUT2D eigenvalue weighted by molar-refractivity contribution is 5.96. The lowest BCUT2D eigenvalue weighted by molar-refractivity contribution is 0.0497. The van der Waals surface area contributed by atoms with Crippen LogP contribution in [0.3, 0.4) is 0 Å². The number of hydrogen-bond donors (Lipinski definition) is 4. The van der Waals surface area contributed by atoms with Gasteiger partial charge in [0.05, 0.1) is 32.5 Å². The zero-order chi connectivity index (χ0) is 37.1. The summed E-state index contributed by atoms with van der Waals surface area (Å²) in [7, 11) is 1.34. The molecule has 0 saturated heterocycles. The molecule has 274 valence electrons. The summed E-state index contributed by atoms with van der Waals surface area (Å²) in [5.41, 5.74) is 4.29. The summed E-state index contributed by atoms with van der Waals surface area (Å²) in [5.74, 6) is 0.454. The van der Waals surface area contributed by atoms with Crippen LogP contribution in [0.1, 0.15) is 55.0 Å². The van der Waals surface area contributed by atoms with Gasteiger partial charge in [-0.2, -0.15) is 15.0 Å². The largest absolute Gasteiger partial charge is 0.465 e. The van der Waals surface area contributed by atoms with E-state index in [-0.39, 0.29) is 17.6 Å². The van der Waals surface area contributed by atoms with Gasteiger partial charge < -0.3 is 35.5 Å². The molecule has 1 aromatic heterocycles. The van der Waals surface area contributed by atoms with Gasteiger partial charge in [-0.3, -0.25) is 9.59 Å². The van der Waals surface area contributed by atoms with E-state index in [1.807, 2.05) is 72.8 Å². The SMILES string of the molecule is COC(=O)c1ccc(CNc2nc(NCCOCCOCCCC(=O)c3ccccc3)nc(Nc3ccc(C(=O)NCc4ccccc4)cc3)n2)cc1. The zero-order valence-electron chi connectivity index (χ0n) is 29.5. The van der Waals surface area contributed by atoms with Crippen molar-refractivity contribution in [2.45, 2.75) is 25.9 Å². The number of aromatic nitrogens is 3. The molecule has 0 saturated carbocycles. The predicted molar refractivity (Wildman–Crippen MR) is 202 cm³/mol. The molecule has 0 atom stereocenters. The van der Waals surface area contributed by atoms with E-state index in [4.69, 9.17) is 14.2 Å². The number of ketones is 1. The molecule has 13 heteroatoms. The molecule has 0 unspecified atom stereocenters. The Balaban J connectivity index is 1.11. The minimum atomic E-state index is -0.405.